The summed E-state index contributed by atoms with van der Waals surface area (Å²) in [5, 5.41) is 13.4. The van der Waals surface area contributed by atoms with Crippen molar-refractivity contribution in [1.82, 2.24) is 9.78 Å². The van der Waals surface area contributed by atoms with Crippen molar-refractivity contribution in [1.29, 1.82) is 5.26 Å². The molecule has 20 heavy (non-hydrogen) atoms. The number of ether oxygens (including phenoxy) is 1. The van der Waals surface area contributed by atoms with Crippen LogP contribution in [0.2, 0.25) is 0 Å². The predicted octanol–water partition coefficient (Wildman–Crippen LogP) is 2.08. The van der Waals surface area contributed by atoms with Gasteiger partial charge in [-0.15, -0.1) is 0 Å². The lowest BCUT2D eigenvalue weighted by molar-refractivity contribution is 0.232. The van der Waals surface area contributed by atoms with E-state index < -0.39 is 0 Å². The van der Waals surface area contributed by atoms with Crippen LogP contribution in [0.3, 0.4) is 0 Å². The highest BCUT2D eigenvalue weighted by molar-refractivity contribution is 5.55. The number of benzene rings is 1. The van der Waals surface area contributed by atoms with Crippen LogP contribution in [0.5, 0.6) is 5.75 Å². The van der Waals surface area contributed by atoms with Crippen LogP contribution in [-0.4, -0.2) is 22.4 Å². The highest BCUT2D eigenvalue weighted by Crippen LogP contribution is 2.29. The molecule has 5 nitrogen and oxygen atoms in total. The molecule has 0 spiro atoms. The van der Waals surface area contributed by atoms with Crippen molar-refractivity contribution in [2.24, 2.45) is 7.05 Å². The molecule has 0 amide bonds. The van der Waals surface area contributed by atoms with Crippen molar-refractivity contribution in [2.45, 2.75) is 19.6 Å². The molecule has 0 bridgehead atoms. The van der Waals surface area contributed by atoms with E-state index in [1.165, 1.54) is 0 Å². The van der Waals surface area contributed by atoms with E-state index in [0.717, 1.165) is 23.7 Å². The Morgan fingerprint density at radius 1 is 1.40 bits per heavy atom. The molecule has 3 rings (SSSR count). The Balaban J connectivity index is 2.03. The highest BCUT2D eigenvalue weighted by Gasteiger charge is 2.24. The molecule has 1 aromatic carbocycles. The van der Waals surface area contributed by atoms with Gasteiger partial charge in [-0.1, -0.05) is 18.2 Å². The molecular formula is C15H16N4O. The lowest BCUT2D eigenvalue weighted by Crippen LogP contribution is -2.32. The SMILES string of the molecule is CC1CN(c2c(C#N)cnn2C)Cc2ccccc2O1. The normalized spacial score (nSPS) is 17.9. The quantitative estimate of drug-likeness (QED) is 0.794. The molecule has 102 valence electrons. The fourth-order valence-corrected chi connectivity index (χ4v) is 2.63. The zero-order chi connectivity index (χ0) is 14.1. The first-order chi connectivity index (χ1) is 9.69. The van der Waals surface area contributed by atoms with E-state index in [1.807, 2.05) is 32.2 Å². The smallest absolute Gasteiger partial charge is 0.145 e. The number of nitriles is 1. The van der Waals surface area contributed by atoms with Crippen LogP contribution in [0.1, 0.15) is 18.1 Å². The molecule has 2 heterocycles. The van der Waals surface area contributed by atoms with Gasteiger partial charge in [0.1, 0.15) is 29.3 Å². The number of nitrogens with zero attached hydrogens (tertiary/aromatic N) is 4. The fourth-order valence-electron chi connectivity index (χ4n) is 2.63. The van der Waals surface area contributed by atoms with Crippen molar-refractivity contribution < 1.29 is 4.74 Å². The minimum atomic E-state index is 0.0556. The third-order valence-electron chi connectivity index (χ3n) is 3.47. The van der Waals surface area contributed by atoms with Gasteiger partial charge >= 0.3 is 0 Å². The first-order valence-electron chi connectivity index (χ1n) is 6.60. The number of hydrogen-bond acceptors (Lipinski definition) is 4. The third-order valence-corrected chi connectivity index (χ3v) is 3.47. The second kappa shape index (κ2) is 4.89. The van der Waals surface area contributed by atoms with E-state index in [4.69, 9.17) is 4.74 Å². The van der Waals surface area contributed by atoms with E-state index in [9.17, 15) is 5.26 Å². The predicted molar refractivity (Wildman–Crippen MR) is 75.5 cm³/mol. The van der Waals surface area contributed by atoms with Gasteiger partial charge in [-0.3, -0.25) is 4.68 Å². The van der Waals surface area contributed by atoms with Crippen molar-refractivity contribution in [3.8, 4) is 11.8 Å². The summed E-state index contributed by atoms with van der Waals surface area (Å²) in [4.78, 5) is 2.15. The van der Waals surface area contributed by atoms with E-state index in [1.54, 1.807) is 10.9 Å². The number of fused-ring (bicyclic) bond motifs is 1. The van der Waals surface area contributed by atoms with Gasteiger partial charge in [0, 0.05) is 19.2 Å². The second-order valence-electron chi connectivity index (χ2n) is 5.03. The van der Waals surface area contributed by atoms with Crippen molar-refractivity contribution in [3.63, 3.8) is 0 Å². The molecule has 2 aromatic rings. The third kappa shape index (κ3) is 2.10. The lowest BCUT2D eigenvalue weighted by atomic mass is 10.2. The zero-order valence-electron chi connectivity index (χ0n) is 11.6. The summed E-state index contributed by atoms with van der Waals surface area (Å²) >= 11 is 0. The first kappa shape index (κ1) is 12.5. The van der Waals surface area contributed by atoms with E-state index in [0.29, 0.717) is 12.1 Å². The van der Waals surface area contributed by atoms with Gasteiger partial charge in [0.05, 0.1) is 12.7 Å². The molecule has 5 heteroatoms. The number of anilines is 1. The average Bonchev–Trinajstić information content (AvgIpc) is 2.72. The van der Waals surface area contributed by atoms with Crippen molar-refractivity contribution in [2.75, 3.05) is 11.4 Å². The maximum atomic E-state index is 9.23. The van der Waals surface area contributed by atoms with Crippen LogP contribution in [-0.2, 0) is 13.6 Å². The first-order valence-corrected chi connectivity index (χ1v) is 6.60. The second-order valence-corrected chi connectivity index (χ2v) is 5.03. The Hall–Kier alpha value is -2.48. The van der Waals surface area contributed by atoms with E-state index in [2.05, 4.69) is 22.1 Å². The summed E-state index contributed by atoms with van der Waals surface area (Å²) < 4.78 is 7.69. The molecule has 1 aromatic heterocycles. The summed E-state index contributed by atoms with van der Waals surface area (Å²) in [5.41, 5.74) is 1.72. The van der Waals surface area contributed by atoms with Gasteiger partial charge in [0.25, 0.3) is 0 Å². The van der Waals surface area contributed by atoms with Gasteiger partial charge < -0.3 is 9.64 Å². The Labute approximate surface area is 118 Å². The number of hydrogen-bond donors (Lipinski definition) is 0. The Bertz CT molecular complexity index is 671. The molecule has 1 atom stereocenters. The van der Waals surface area contributed by atoms with Crippen molar-refractivity contribution >= 4 is 5.82 Å². The molecule has 0 N–H and O–H groups in total. The summed E-state index contributed by atoms with van der Waals surface area (Å²) in [7, 11) is 1.86. The Morgan fingerprint density at radius 3 is 3.00 bits per heavy atom. The molecule has 0 saturated heterocycles. The molecule has 1 aliphatic rings. The van der Waals surface area contributed by atoms with Crippen LogP contribution in [0.15, 0.2) is 30.5 Å². The molecule has 1 unspecified atom stereocenters. The minimum absolute atomic E-state index is 0.0556. The monoisotopic (exact) mass is 268 g/mol. The van der Waals surface area contributed by atoms with E-state index in [-0.39, 0.29) is 6.10 Å². The minimum Gasteiger partial charge on any atom is -0.489 e. The van der Waals surface area contributed by atoms with Gasteiger partial charge in [0.15, 0.2) is 0 Å². The topological polar surface area (TPSA) is 54.1 Å². The molecule has 0 saturated carbocycles. The molecule has 0 fully saturated rings. The van der Waals surface area contributed by atoms with Crippen LogP contribution >= 0.6 is 0 Å². The average molecular weight is 268 g/mol. The summed E-state index contributed by atoms with van der Waals surface area (Å²) in [6, 6.07) is 10.2. The zero-order valence-corrected chi connectivity index (χ0v) is 11.6. The summed E-state index contributed by atoms with van der Waals surface area (Å²) in [6.45, 7) is 3.48. The van der Waals surface area contributed by atoms with Crippen LogP contribution in [0.25, 0.3) is 0 Å². The molecule has 0 aliphatic carbocycles. The van der Waals surface area contributed by atoms with Crippen LogP contribution in [0, 0.1) is 11.3 Å². The largest absolute Gasteiger partial charge is 0.489 e. The Morgan fingerprint density at radius 2 is 2.20 bits per heavy atom. The maximum Gasteiger partial charge on any atom is 0.145 e. The van der Waals surface area contributed by atoms with Gasteiger partial charge in [-0.05, 0) is 13.0 Å². The lowest BCUT2D eigenvalue weighted by Gasteiger charge is -2.24. The van der Waals surface area contributed by atoms with Gasteiger partial charge in [-0.25, -0.2) is 0 Å². The number of rotatable bonds is 1. The fraction of sp³-hybridized carbons (Fsp3) is 0.333. The summed E-state index contributed by atoms with van der Waals surface area (Å²) in [6.07, 6.45) is 1.66. The van der Waals surface area contributed by atoms with Crippen molar-refractivity contribution in [3.05, 3.63) is 41.6 Å². The van der Waals surface area contributed by atoms with Crippen LogP contribution < -0.4 is 9.64 Å². The summed E-state index contributed by atoms with van der Waals surface area (Å²) in [5.74, 6) is 1.77. The molecule has 0 radical (unpaired) electrons. The highest BCUT2D eigenvalue weighted by atomic mass is 16.5. The van der Waals surface area contributed by atoms with E-state index >= 15 is 0 Å². The number of aryl methyl sites for hydroxylation is 1. The standard InChI is InChI=1S/C15H16N4O/c1-11-9-19(15-13(7-16)8-17-18(15)2)10-12-5-3-4-6-14(12)20-11/h3-6,8,11H,9-10H2,1-2H3. The van der Waals surface area contributed by atoms with Gasteiger partial charge in [-0.2, -0.15) is 10.4 Å². The van der Waals surface area contributed by atoms with Gasteiger partial charge in [0.2, 0.25) is 0 Å². The Kier molecular flexibility index (Phi) is 3.07. The molecule has 1 aliphatic heterocycles. The number of para-hydroxylation sites is 1. The maximum absolute atomic E-state index is 9.23. The number of aromatic nitrogens is 2. The van der Waals surface area contributed by atoms with Crippen LogP contribution in [0.4, 0.5) is 5.82 Å². The molecular weight excluding hydrogens is 252 g/mol.